The lowest BCUT2D eigenvalue weighted by Gasteiger charge is -2.44. The standard InChI is InChI=1S/C20H30O15/c1-7(21)29-5-11-13(25)14(26)15(27)20(35-11)30-6-12-16(31-8(2)22)17(32-9(3)23)18(19(28)34-12)33-10(4)24/h11-20,25-28H,5-6H2,1-4H3/t11?,12?,13-,14?,15?,16+,17?,18?,19?,20-/m0/s1. The highest BCUT2D eigenvalue weighted by molar-refractivity contribution is 5.68. The predicted octanol–water partition coefficient (Wildman–Crippen LogP) is -3.11. The molecular formula is C20H30O15. The second kappa shape index (κ2) is 12.5. The number of ether oxygens (including phenoxy) is 7. The summed E-state index contributed by atoms with van der Waals surface area (Å²) in [5.41, 5.74) is 0. The second-order valence-electron chi connectivity index (χ2n) is 7.94. The molecule has 15 nitrogen and oxygen atoms in total. The molecule has 0 aliphatic carbocycles. The number of carbonyl (C=O) groups excluding carboxylic acids is 4. The van der Waals surface area contributed by atoms with Crippen LogP contribution in [-0.2, 0) is 52.3 Å². The fourth-order valence-corrected chi connectivity index (χ4v) is 3.59. The van der Waals surface area contributed by atoms with Crippen LogP contribution < -0.4 is 0 Å². The zero-order valence-electron chi connectivity index (χ0n) is 19.5. The van der Waals surface area contributed by atoms with Crippen molar-refractivity contribution in [2.24, 2.45) is 0 Å². The van der Waals surface area contributed by atoms with Crippen molar-refractivity contribution in [2.75, 3.05) is 13.2 Å². The van der Waals surface area contributed by atoms with Gasteiger partial charge < -0.3 is 53.6 Å². The van der Waals surface area contributed by atoms with E-state index in [1.807, 2.05) is 0 Å². The first-order valence-electron chi connectivity index (χ1n) is 10.6. The number of rotatable bonds is 8. The molecule has 0 aromatic rings. The maximum absolute atomic E-state index is 11.7. The van der Waals surface area contributed by atoms with E-state index < -0.39 is 98.5 Å². The van der Waals surface area contributed by atoms with Gasteiger partial charge in [-0.3, -0.25) is 19.2 Å². The third kappa shape index (κ3) is 7.79. The minimum absolute atomic E-state index is 0.451. The smallest absolute Gasteiger partial charge is 0.303 e. The van der Waals surface area contributed by atoms with Gasteiger partial charge in [-0.25, -0.2) is 0 Å². The first-order valence-corrected chi connectivity index (χ1v) is 10.6. The quantitative estimate of drug-likeness (QED) is 0.188. The van der Waals surface area contributed by atoms with Gasteiger partial charge in [0.1, 0.15) is 37.1 Å². The van der Waals surface area contributed by atoms with E-state index in [2.05, 4.69) is 0 Å². The molecule has 4 N–H and O–H groups in total. The van der Waals surface area contributed by atoms with E-state index in [-0.39, 0.29) is 0 Å². The summed E-state index contributed by atoms with van der Waals surface area (Å²) in [6.07, 6.45) is -15.6. The van der Waals surface area contributed by atoms with Crippen molar-refractivity contribution in [3.8, 4) is 0 Å². The number of hydrogen-bond donors (Lipinski definition) is 4. The topological polar surface area (TPSA) is 214 Å². The zero-order chi connectivity index (χ0) is 26.4. The summed E-state index contributed by atoms with van der Waals surface area (Å²) in [7, 11) is 0. The molecule has 2 aliphatic heterocycles. The van der Waals surface area contributed by atoms with Crippen LogP contribution in [0, 0.1) is 0 Å². The van der Waals surface area contributed by atoms with Crippen LogP contribution in [0.15, 0.2) is 0 Å². The van der Waals surface area contributed by atoms with E-state index in [4.69, 9.17) is 33.2 Å². The van der Waals surface area contributed by atoms with Gasteiger partial charge in [0.2, 0.25) is 0 Å². The molecule has 0 spiro atoms. The van der Waals surface area contributed by atoms with Crippen LogP contribution in [-0.4, -0.2) is 119 Å². The molecule has 2 rings (SSSR count). The highest BCUT2D eigenvalue weighted by Crippen LogP contribution is 2.29. The molecule has 10 atom stereocenters. The molecule has 0 aromatic heterocycles. The van der Waals surface area contributed by atoms with Crippen LogP contribution in [0.4, 0.5) is 0 Å². The van der Waals surface area contributed by atoms with Crippen LogP contribution in [0.1, 0.15) is 27.7 Å². The molecule has 2 saturated heterocycles. The summed E-state index contributed by atoms with van der Waals surface area (Å²) < 4.78 is 36.3. The van der Waals surface area contributed by atoms with Gasteiger partial charge in [-0.1, -0.05) is 0 Å². The molecule has 0 amide bonds. The Morgan fingerprint density at radius 3 is 1.71 bits per heavy atom. The summed E-state index contributed by atoms with van der Waals surface area (Å²) in [5.74, 6) is -3.18. The lowest BCUT2D eigenvalue weighted by molar-refractivity contribution is -0.328. The molecule has 200 valence electrons. The Kier molecular flexibility index (Phi) is 10.3. The number of hydrogen-bond acceptors (Lipinski definition) is 15. The number of aliphatic hydroxyl groups is 4. The fourth-order valence-electron chi connectivity index (χ4n) is 3.59. The van der Waals surface area contributed by atoms with E-state index in [0.29, 0.717) is 0 Å². The van der Waals surface area contributed by atoms with Gasteiger partial charge in [-0.15, -0.1) is 0 Å². The number of aliphatic hydroxyl groups excluding tert-OH is 4. The lowest BCUT2D eigenvalue weighted by atomic mass is 9.97. The second-order valence-corrected chi connectivity index (χ2v) is 7.94. The fraction of sp³-hybridized carbons (Fsp3) is 0.800. The molecule has 0 bridgehead atoms. The summed E-state index contributed by atoms with van der Waals surface area (Å²) in [6, 6.07) is 0. The Labute approximate surface area is 199 Å². The van der Waals surface area contributed by atoms with Gasteiger partial charge >= 0.3 is 23.9 Å². The third-order valence-corrected chi connectivity index (χ3v) is 5.06. The van der Waals surface area contributed by atoms with Gasteiger partial charge in [0.05, 0.1) is 6.61 Å². The molecule has 35 heavy (non-hydrogen) atoms. The van der Waals surface area contributed by atoms with Crippen molar-refractivity contribution < 1.29 is 72.8 Å². The molecule has 15 heteroatoms. The molecule has 2 aliphatic rings. The van der Waals surface area contributed by atoms with Crippen molar-refractivity contribution in [3.63, 3.8) is 0 Å². The summed E-state index contributed by atoms with van der Waals surface area (Å²) >= 11 is 0. The molecule has 2 fully saturated rings. The van der Waals surface area contributed by atoms with Crippen molar-refractivity contribution in [3.05, 3.63) is 0 Å². The first kappa shape index (κ1) is 28.8. The lowest BCUT2D eigenvalue weighted by Crippen LogP contribution is -2.63. The minimum atomic E-state index is -1.83. The third-order valence-electron chi connectivity index (χ3n) is 5.06. The Morgan fingerprint density at radius 2 is 1.17 bits per heavy atom. The molecule has 7 unspecified atom stereocenters. The maximum atomic E-state index is 11.7. The number of esters is 4. The van der Waals surface area contributed by atoms with Crippen LogP contribution in [0.25, 0.3) is 0 Å². The van der Waals surface area contributed by atoms with Gasteiger partial charge in [0.15, 0.2) is 30.9 Å². The summed E-state index contributed by atoms with van der Waals surface area (Å²) in [4.78, 5) is 45.9. The Morgan fingerprint density at radius 1 is 0.629 bits per heavy atom. The Bertz CT molecular complexity index is 772. The highest BCUT2D eigenvalue weighted by atomic mass is 16.7. The van der Waals surface area contributed by atoms with Crippen LogP contribution >= 0.6 is 0 Å². The van der Waals surface area contributed by atoms with Gasteiger partial charge in [-0.2, -0.15) is 0 Å². The number of carbonyl (C=O) groups is 4. The monoisotopic (exact) mass is 510 g/mol. The average Bonchev–Trinajstić information content (AvgIpc) is 2.74. The first-order chi connectivity index (χ1) is 16.3. The molecule has 0 aromatic carbocycles. The van der Waals surface area contributed by atoms with Crippen LogP contribution in [0.2, 0.25) is 0 Å². The van der Waals surface area contributed by atoms with Gasteiger partial charge in [0, 0.05) is 27.7 Å². The molecule has 0 radical (unpaired) electrons. The molecule has 0 saturated carbocycles. The van der Waals surface area contributed by atoms with Crippen LogP contribution in [0.3, 0.4) is 0 Å². The van der Waals surface area contributed by atoms with E-state index in [0.717, 1.165) is 27.7 Å². The van der Waals surface area contributed by atoms with E-state index in [1.165, 1.54) is 0 Å². The Balaban J connectivity index is 2.20. The van der Waals surface area contributed by atoms with Crippen molar-refractivity contribution in [1.29, 1.82) is 0 Å². The van der Waals surface area contributed by atoms with Gasteiger partial charge in [-0.05, 0) is 0 Å². The van der Waals surface area contributed by atoms with E-state index in [1.54, 1.807) is 0 Å². The van der Waals surface area contributed by atoms with E-state index >= 15 is 0 Å². The molecular weight excluding hydrogens is 480 g/mol. The minimum Gasteiger partial charge on any atom is -0.463 e. The molecule has 2 heterocycles. The average molecular weight is 510 g/mol. The van der Waals surface area contributed by atoms with E-state index in [9.17, 15) is 39.6 Å². The maximum Gasteiger partial charge on any atom is 0.303 e. The highest BCUT2D eigenvalue weighted by Gasteiger charge is 2.52. The summed E-state index contributed by atoms with van der Waals surface area (Å²) in [6.45, 7) is 3.25. The predicted molar refractivity (Wildman–Crippen MR) is 107 cm³/mol. The SMILES string of the molecule is CC(=O)OCC1O[C@H](OCC2OC(O)C(OC(C)=O)C(OC(C)=O)[C@@H]2OC(C)=O)C(O)C(O)[C@H]1O. The van der Waals surface area contributed by atoms with Gasteiger partial charge in [0.25, 0.3) is 0 Å². The van der Waals surface area contributed by atoms with Crippen molar-refractivity contribution in [2.45, 2.75) is 89.1 Å². The Hall–Kier alpha value is -2.40. The normalized spacial score (nSPS) is 37.1. The van der Waals surface area contributed by atoms with Crippen molar-refractivity contribution >= 4 is 23.9 Å². The van der Waals surface area contributed by atoms with Crippen LogP contribution in [0.5, 0.6) is 0 Å². The summed E-state index contributed by atoms with van der Waals surface area (Å²) in [5, 5.41) is 40.8. The zero-order valence-corrected chi connectivity index (χ0v) is 19.5. The largest absolute Gasteiger partial charge is 0.463 e. The van der Waals surface area contributed by atoms with Crippen molar-refractivity contribution in [1.82, 2.24) is 0 Å².